The molecule has 0 fully saturated rings. The molecule has 3 rings (SSSR count). The van der Waals surface area contributed by atoms with Gasteiger partial charge in [0.25, 0.3) is 0 Å². The fourth-order valence-corrected chi connectivity index (χ4v) is 2.21. The van der Waals surface area contributed by atoms with E-state index < -0.39 is 5.82 Å². The van der Waals surface area contributed by atoms with Crippen molar-refractivity contribution in [2.45, 2.75) is 13.5 Å². The van der Waals surface area contributed by atoms with Crippen LogP contribution in [0.15, 0.2) is 36.8 Å². The standard InChI is InChI=1S/C14H11ClFN3/c1-9-4-13-14(17-6-9)18-8-19(13)7-10-2-3-12(16)11(15)5-10/h2-6,8H,7H2,1H3. The zero-order valence-electron chi connectivity index (χ0n) is 10.3. The zero-order valence-corrected chi connectivity index (χ0v) is 11.0. The third kappa shape index (κ3) is 2.31. The molecular formula is C14H11ClFN3. The molecule has 2 heterocycles. The molecule has 0 unspecified atom stereocenters. The second-order valence-corrected chi connectivity index (χ2v) is 4.88. The molecule has 1 aromatic carbocycles. The number of hydrogen-bond donors (Lipinski definition) is 0. The molecule has 0 radical (unpaired) electrons. The molecule has 2 aromatic heterocycles. The number of pyridine rings is 1. The predicted octanol–water partition coefficient (Wildman–Crippen LogP) is 3.58. The van der Waals surface area contributed by atoms with Crippen molar-refractivity contribution in [3.05, 3.63) is 58.8 Å². The normalized spacial score (nSPS) is 11.1. The van der Waals surface area contributed by atoms with E-state index in [4.69, 9.17) is 11.6 Å². The van der Waals surface area contributed by atoms with E-state index in [-0.39, 0.29) is 5.02 Å². The average molecular weight is 276 g/mol. The summed E-state index contributed by atoms with van der Waals surface area (Å²) in [5, 5.41) is 0.135. The number of benzene rings is 1. The summed E-state index contributed by atoms with van der Waals surface area (Å²) in [7, 11) is 0. The summed E-state index contributed by atoms with van der Waals surface area (Å²) in [5.41, 5.74) is 3.66. The molecule has 19 heavy (non-hydrogen) atoms. The molecule has 3 nitrogen and oxygen atoms in total. The van der Waals surface area contributed by atoms with Crippen molar-refractivity contribution in [3.63, 3.8) is 0 Å². The van der Waals surface area contributed by atoms with Gasteiger partial charge < -0.3 is 4.57 Å². The Hall–Kier alpha value is -1.94. The third-order valence-electron chi connectivity index (χ3n) is 2.95. The van der Waals surface area contributed by atoms with E-state index in [9.17, 15) is 4.39 Å². The number of nitrogens with zero attached hydrogens (tertiary/aromatic N) is 3. The average Bonchev–Trinajstić information content (AvgIpc) is 2.77. The minimum absolute atomic E-state index is 0.135. The van der Waals surface area contributed by atoms with Crippen molar-refractivity contribution in [3.8, 4) is 0 Å². The fourth-order valence-electron chi connectivity index (χ4n) is 2.00. The molecule has 0 aliphatic carbocycles. The number of aryl methyl sites for hydroxylation is 1. The topological polar surface area (TPSA) is 30.7 Å². The summed E-state index contributed by atoms with van der Waals surface area (Å²) in [6.45, 7) is 2.57. The third-order valence-corrected chi connectivity index (χ3v) is 3.24. The summed E-state index contributed by atoms with van der Waals surface area (Å²) < 4.78 is 15.1. The minimum Gasteiger partial charge on any atom is -0.325 e. The molecule has 0 aliphatic heterocycles. The van der Waals surface area contributed by atoms with Crippen LogP contribution in [0.2, 0.25) is 5.02 Å². The molecule has 0 atom stereocenters. The number of imidazole rings is 1. The molecule has 0 amide bonds. The Labute approximate surface area is 114 Å². The Kier molecular flexibility index (Phi) is 2.95. The minimum atomic E-state index is -0.404. The van der Waals surface area contributed by atoms with Crippen molar-refractivity contribution < 1.29 is 4.39 Å². The van der Waals surface area contributed by atoms with E-state index in [1.54, 1.807) is 24.7 Å². The van der Waals surface area contributed by atoms with Gasteiger partial charge >= 0.3 is 0 Å². The van der Waals surface area contributed by atoms with E-state index in [2.05, 4.69) is 9.97 Å². The fraction of sp³-hybridized carbons (Fsp3) is 0.143. The lowest BCUT2D eigenvalue weighted by Gasteiger charge is -2.05. The molecule has 0 saturated carbocycles. The number of rotatable bonds is 2. The molecule has 0 aliphatic rings. The van der Waals surface area contributed by atoms with Crippen molar-refractivity contribution in [1.29, 1.82) is 0 Å². The lowest BCUT2D eigenvalue weighted by molar-refractivity contribution is 0.627. The van der Waals surface area contributed by atoms with Gasteiger partial charge in [-0.05, 0) is 36.2 Å². The van der Waals surface area contributed by atoms with Crippen LogP contribution < -0.4 is 0 Å². The molecular weight excluding hydrogens is 265 g/mol. The van der Waals surface area contributed by atoms with E-state index in [1.807, 2.05) is 17.6 Å². The van der Waals surface area contributed by atoms with Crippen LogP contribution in [0, 0.1) is 12.7 Å². The van der Waals surface area contributed by atoms with Crippen molar-refractivity contribution >= 4 is 22.8 Å². The van der Waals surface area contributed by atoms with Crippen molar-refractivity contribution in [1.82, 2.24) is 14.5 Å². The van der Waals surface area contributed by atoms with Gasteiger partial charge in [-0.3, -0.25) is 0 Å². The molecule has 5 heteroatoms. The number of hydrogen-bond acceptors (Lipinski definition) is 2. The van der Waals surface area contributed by atoms with E-state index in [1.165, 1.54) is 6.07 Å². The second kappa shape index (κ2) is 4.63. The smallest absolute Gasteiger partial charge is 0.177 e. The van der Waals surface area contributed by atoms with Crippen LogP contribution in [-0.2, 0) is 6.54 Å². The summed E-state index contributed by atoms with van der Waals surface area (Å²) in [5.74, 6) is -0.404. The highest BCUT2D eigenvalue weighted by molar-refractivity contribution is 6.30. The largest absolute Gasteiger partial charge is 0.325 e. The Bertz CT molecular complexity index is 752. The van der Waals surface area contributed by atoms with Gasteiger partial charge in [0.1, 0.15) is 5.82 Å². The SMILES string of the molecule is Cc1cnc2ncn(Cc3ccc(F)c(Cl)c3)c2c1. The van der Waals surface area contributed by atoms with Gasteiger partial charge in [-0.15, -0.1) is 0 Å². The van der Waals surface area contributed by atoms with Gasteiger partial charge in [-0.1, -0.05) is 17.7 Å². The second-order valence-electron chi connectivity index (χ2n) is 4.48. The number of fused-ring (bicyclic) bond motifs is 1. The molecule has 3 aromatic rings. The van der Waals surface area contributed by atoms with Gasteiger partial charge in [-0.2, -0.15) is 0 Å². The summed E-state index contributed by atoms with van der Waals surface area (Å²) >= 11 is 5.79. The first-order valence-electron chi connectivity index (χ1n) is 5.85. The Morgan fingerprint density at radius 1 is 1.26 bits per heavy atom. The molecule has 0 saturated heterocycles. The maximum atomic E-state index is 13.1. The van der Waals surface area contributed by atoms with Gasteiger partial charge in [0.2, 0.25) is 0 Å². The Morgan fingerprint density at radius 2 is 2.11 bits per heavy atom. The van der Waals surface area contributed by atoms with Crippen molar-refractivity contribution in [2.24, 2.45) is 0 Å². The van der Waals surface area contributed by atoms with Crippen LogP contribution in [0.1, 0.15) is 11.1 Å². The van der Waals surface area contributed by atoms with Crippen LogP contribution in [0.5, 0.6) is 0 Å². The first-order valence-corrected chi connectivity index (χ1v) is 6.23. The monoisotopic (exact) mass is 275 g/mol. The first kappa shape index (κ1) is 12.1. The highest BCUT2D eigenvalue weighted by Crippen LogP contribution is 2.18. The number of halogens is 2. The van der Waals surface area contributed by atoms with E-state index in [0.29, 0.717) is 12.2 Å². The van der Waals surface area contributed by atoms with Gasteiger partial charge in [0.05, 0.1) is 16.9 Å². The summed E-state index contributed by atoms with van der Waals surface area (Å²) in [6.07, 6.45) is 3.52. The highest BCUT2D eigenvalue weighted by Gasteiger charge is 2.06. The molecule has 0 bridgehead atoms. The molecule has 0 spiro atoms. The van der Waals surface area contributed by atoms with Crippen LogP contribution >= 0.6 is 11.6 Å². The Morgan fingerprint density at radius 3 is 2.89 bits per heavy atom. The van der Waals surface area contributed by atoms with Crippen LogP contribution in [0.25, 0.3) is 11.2 Å². The maximum Gasteiger partial charge on any atom is 0.177 e. The van der Waals surface area contributed by atoms with Crippen LogP contribution in [0.4, 0.5) is 4.39 Å². The quantitative estimate of drug-likeness (QED) is 0.716. The lowest BCUT2D eigenvalue weighted by Crippen LogP contribution is -1.98. The van der Waals surface area contributed by atoms with Crippen molar-refractivity contribution in [2.75, 3.05) is 0 Å². The van der Waals surface area contributed by atoms with Crippen LogP contribution in [-0.4, -0.2) is 14.5 Å². The van der Waals surface area contributed by atoms with Gasteiger partial charge in [0.15, 0.2) is 5.65 Å². The number of aromatic nitrogens is 3. The van der Waals surface area contributed by atoms with Crippen LogP contribution in [0.3, 0.4) is 0 Å². The Balaban J connectivity index is 2.00. The first-order chi connectivity index (χ1) is 9.13. The van der Waals surface area contributed by atoms with Gasteiger partial charge in [-0.25, -0.2) is 14.4 Å². The van der Waals surface area contributed by atoms with E-state index in [0.717, 1.165) is 16.6 Å². The predicted molar refractivity (Wildman–Crippen MR) is 72.8 cm³/mol. The highest BCUT2D eigenvalue weighted by atomic mass is 35.5. The summed E-state index contributed by atoms with van der Waals surface area (Å²) in [4.78, 5) is 8.50. The zero-order chi connectivity index (χ0) is 13.4. The van der Waals surface area contributed by atoms with Gasteiger partial charge in [0, 0.05) is 12.7 Å². The molecule has 96 valence electrons. The lowest BCUT2D eigenvalue weighted by atomic mass is 10.2. The molecule has 0 N–H and O–H groups in total. The summed E-state index contributed by atoms with van der Waals surface area (Å²) in [6, 6.07) is 6.75. The maximum absolute atomic E-state index is 13.1. The van der Waals surface area contributed by atoms with E-state index >= 15 is 0 Å².